The van der Waals surface area contributed by atoms with Gasteiger partial charge < -0.3 is 21.9 Å². The highest BCUT2D eigenvalue weighted by Crippen LogP contribution is 2.12. The van der Waals surface area contributed by atoms with Gasteiger partial charge in [-0.1, -0.05) is 0 Å². The zero-order valence-electron chi connectivity index (χ0n) is 10.7. The van der Waals surface area contributed by atoms with Crippen LogP contribution in [0, 0.1) is 0 Å². The van der Waals surface area contributed by atoms with E-state index in [0.29, 0.717) is 30.4 Å². The number of nitrogens with two attached hydrogens (primary N) is 3. The molecule has 0 radical (unpaired) electrons. The van der Waals surface area contributed by atoms with E-state index in [1.54, 1.807) is 6.92 Å². The molecule has 8 nitrogen and oxygen atoms in total. The predicted molar refractivity (Wildman–Crippen MR) is 74.0 cm³/mol. The second kappa shape index (κ2) is 7.74. The molecule has 1 atom stereocenters. The summed E-state index contributed by atoms with van der Waals surface area (Å²) < 4.78 is 4.81. The van der Waals surface area contributed by atoms with Crippen molar-refractivity contribution in [3.63, 3.8) is 0 Å². The predicted octanol–water partition coefficient (Wildman–Crippen LogP) is -0.450. The van der Waals surface area contributed by atoms with Gasteiger partial charge in [-0.3, -0.25) is 4.79 Å². The minimum absolute atomic E-state index is 0.103. The van der Waals surface area contributed by atoms with Crippen molar-refractivity contribution in [3.05, 3.63) is 5.82 Å². The van der Waals surface area contributed by atoms with E-state index in [2.05, 4.69) is 15.0 Å². The lowest BCUT2D eigenvalue weighted by Crippen LogP contribution is -2.32. The van der Waals surface area contributed by atoms with Gasteiger partial charge in [0.25, 0.3) is 0 Å². The Morgan fingerprint density at radius 3 is 2.53 bits per heavy atom. The van der Waals surface area contributed by atoms with Gasteiger partial charge >= 0.3 is 5.97 Å². The van der Waals surface area contributed by atoms with Crippen molar-refractivity contribution in [1.29, 1.82) is 0 Å². The molecule has 1 aromatic rings. The largest absolute Gasteiger partial charge is 0.465 e. The Kier molecular flexibility index (Phi) is 6.30. The van der Waals surface area contributed by atoms with E-state index in [4.69, 9.17) is 21.9 Å². The lowest BCUT2D eigenvalue weighted by molar-refractivity contribution is -0.144. The normalized spacial score (nSPS) is 12.1. The standard InChI is InChI=1S/C10H18N6O2S/c1-2-18-8(17)6(11)3-4-19-5-7-14-9(12)16-10(13)15-7/h6H,2-5,11H2,1H3,(H4,12,13,14,15,16). The van der Waals surface area contributed by atoms with Crippen LogP contribution in [0.1, 0.15) is 19.2 Å². The number of nitrogen functional groups attached to an aromatic ring is 2. The van der Waals surface area contributed by atoms with Gasteiger partial charge in [-0.25, -0.2) is 0 Å². The maximum Gasteiger partial charge on any atom is 0.322 e. The molecule has 0 spiro atoms. The smallest absolute Gasteiger partial charge is 0.322 e. The van der Waals surface area contributed by atoms with E-state index in [-0.39, 0.29) is 17.9 Å². The van der Waals surface area contributed by atoms with Crippen LogP contribution in [0.2, 0.25) is 0 Å². The van der Waals surface area contributed by atoms with Gasteiger partial charge in [-0.2, -0.15) is 26.7 Å². The first-order chi connectivity index (χ1) is 9.02. The highest BCUT2D eigenvalue weighted by Gasteiger charge is 2.13. The molecule has 19 heavy (non-hydrogen) atoms. The van der Waals surface area contributed by atoms with E-state index < -0.39 is 6.04 Å². The number of nitrogens with zero attached hydrogens (tertiary/aromatic N) is 3. The number of hydrogen-bond donors (Lipinski definition) is 3. The van der Waals surface area contributed by atoms with Gasteiger partial charge in [0.2, 0.25) is 11.9 Å². The fraction of sp³-hybridized carbons (Fsp3) is 0.600. The van der Waals surface area contributed by atoms with E-state index >= 15 is 0 Å². The third kappa shape index (κ3) is 5.71. The maximum absolute atomic E-state index is 11.3. The Hall–Kier alpha value is -1.61. The van der Waals surface area contributed by atoms with Crippen molar-refractivity contribution in [2.75, 3.05) is 23.8 Å². The van der Waals surface area contributed by atoms with Gasteiger partial charge in [0.05, 0.1) is 12.4 Å². The summed E-state index contributed by atoms with van der Waals surface area (Å²) in [6.07, 6.45) is 0.527. The molecule has 1 heterocycles. The van der Waals surface area contributed by atoms with Gasteiger partial charge in [-0.05, 0) is 19.1 Å². The summed E-state index contributed by atoms with van der Waals surface area (Å²) in [6.45, 7) is 2.08. The van der Waals surface area contributed by atoms with Crippen LogP contribution in [-0.4, -0.2) is 39.3 Å². The molecule has 106 valence electrons. The highest BCUT2D eigenvalue weighted by atomic mass is 32.2. The average molecular weight is 286 g/mol. The van der Waals surface area contributed by atoms with Crippen LogP contribution in [0.15, 0.2) is 0 Å². The second-order valence-electron chi connectivity index (χ2n) is 3.67. The second-order valence-corrected chi connectivity index (χ2v) is 4.77. The molecule has 0 fully saturated rings. The first-order valence-electron chi connectivity index (χ1n) is 5.78. The van der Waals surface area contributed by atoms with Crippen LogP contribution in [0.3, 0.4) is 0 Å². The molecule has 0 aliphatic rings. The number of hydrogen-bond acceptors (Lipinski definition) is 9. The number of thioether (sulfide) groups is 1. The monoisotopic (exact) mass is 286 g/mol. The molecule has 1 aromatic heterocycles. The van der Waals surface area contributed by atoms with Gasteiger partial charge in [0.1, 0.15) is 11.9 Å². The van der Waals surface area contributed by atoms with Crippen LogP contribution >= 0.6 is 11.8 Å². The maximum atomic E-state index is 11.3. The minimum atomic E-state index is -0.596. The fourth-order valence-corrected chi connectivity index (χ4v) is 2.14. The van der Waals surface area contributed by atoms with Crippen molar-refractivity contribution in [2.24, 2.45) is 5.73 Å². The van der Waals surface area contributed by atoms with Crippen LogP contribution in [0.4, 0.5) is 11.9 Å². The number of aromatic nitrogens is 3. The molecular formula is C10H18N6O2S. The summed E-state index contributed by atoms with van der Waals surface area (Å²) in [7, 11) is 0. The number of anilines is 2. The van der Waals surface area contributed by atoms with Crippen molar-refractivity contribution in [1.82, 2.24) is 15.0 Å². The van der Waals surface area contributed by atoms with E-state index in [9.17, 15) is 4.79 Å². The molecule has 9 heteroatoms. The number of esters is 1. The third-order valence-corrected chi connectivity index (χ3v) is 3.10. The molecule has 0 saturated heterocycles. The van der Waals surface area contributed by atoms with Gasteiger partial charge in [-0.15, -0.1) is 0 Å². The van der Waals surface area contributed by atoms with Crippen molar-refractivity contribution in [3.8, 4) is 0 Å². The van der Waals surface area contributed by atoms with Crippen molar-refractivity contribution >= 4 is 29.6 Å². The first kappa shape index (κ1) is 15.4. The molecule has 0 aromatic carbocycles. The Morgan fingerprint density at radius 1 is 1.32 bits per heavy atom. The summed E-state index contributed by atoms with van der Waals surface area (Å²) in [5.41, 5.74) is 16.6. The van der Waals surface area contributed by atoms with E-state index in [0.717, 1.165) is 0 Å². The molecule has 0 bridgehead atoms. The van der Waals surface area contributed by atoms with Gasteiger partial charge in [0, 0.05) is 0 Å². The molecule has 0 amide bonds. The fourth-order valence-electron chi connectivity index (χ4n) is 1.26. The third-order valence-electron chi connectivity index (χ3n) is 2.11. The summed E-state index contributed by atoms with van der Waals surface area (Å²) in [5, 5.41) is 0. The molecule has 0 aliphatic carbocycles. The summed E-state index contributed by atoms with van der Waals surface area (Å²) >= 11 is 1.54. The van der Waals surface area contributed by atoms with Crippen molar-refractivity contribution in [2.45, 2.75) is 25.1 Å². The Bertz CT molecular complexity index is 410. The summed E-state index contributed by atoms with van der Waals surface area (Å²) in [5.74, 6) is 1.56. The number of carbonyl (C=O) groups excluding carboxylic acids is 1. The Balaban J connectivity index is 2.29. The molecular weight excluding hydrogens is 268 g/mol. The van der Waals surface area contributed by atoms with Crippen LogP contribution < -0.4 is 17.2 Å². The molecule has 6 N–H and O–H groups in total. The lowest BCUT2D eigenvalue weighted by atomic mass is 10.2. The minimum Gasteiger partial charge on any atom is -0.465 e. The number of carbonyl (C=O) groups is 1. The van der Waals surface area contributed by atoms with E-state index in [1.165, 1.54) is 11.8 Å². The summed E-state index contributed by atoms with van der Waals surface area (Å²) in [4.78, 5) is 22.8. The quantitative estimate of drug-likeness (QED) is 0.448. The molecule has 1 unspecified atom stereocenters. The lowest BCUT2D eigenvalue weighted by Gasteiger charge is -2.09. The van der Waals surface area contributed by atoms with Gasteiger partial charge in [0.15, 0.2) is 0 Å². The van der Waals surface area contributed by atoms with Crippen LogP contribution in [0.5, 0.6) is 0 Å². The zero-order chi connectivity index (χ0) is 14.3. The first-order valence-corrected chi connectivity index (χ1v) is 6.94. The Morgan fingerprint density at radius 2 is 1.95 bits per heavy atom. The zero-order valence-corrected chi connectivity index (χ0v) is 11.5. The molecule has 0 aliphatic heterocycles. The van der Waals surface area contributed by atoms with Crippen LogP contribution in [0.25, 0.3) is 0 Å². The van der Waals surface area contributed by atoms with E-state index in [1.807, 2.05) is 0 Å². The highest BCUT2D eigenvalue weighted by molar-refractivity contribution is 7.98. The Labute approximate surface area is 115 Å². The van der Waals surface area contributed by atoms with Crippen LogP contribution in [-0.2, 0) is 15.3 Å². The topological polar surface area (TPSA) is 143 Å². The summed E-state index contributed by atoms with van der Waals surface area (Å²) in [6, 6.07) is -0.596. The molecule has 1 rings (SSSR count). The number of ether oxygens (including phenoxy) is 1. The molecule has 0 saturated carbocycles. The number of rotatable bonds is 7. The average Bonchev–Trinajstić information content (AvgIpc) is 2.33. The SMILES string of the molecule is CCOC(=O)C(N)CCSCc1nc(N)nc(N)n1. The van der Waals surface area contributed by atoms with Crippen molar-refractivity contribution < 1.29 is 9.53 Å².